The lowest BCUT2D eigenvalue weighted by molar-refractivity contribution is -0.0907. The van der Waals surface area contributed by atoms with E-state index in [0.29, 0.717) is 37.8 Å². The molecule has 4 rings (SSSR count). The Morgan fingerprint density at radius 2 is 1.89 bits per heavy atom. The van der Waals surface area contributed by atoms with Gasteiger partial charge in [0, 0.05) is 24.5 Å². The number of nitrogens with zero attached hydrogens (tertiary/aromatic N) is 1. The third-order valence-corrected chi connectivity index (χ3v) is 6.56. The van der Waals surface area contributed by atoms with Gasteiger partial charge in [-0.2, -0.15) is 0 Å². The summed E-state index contributed by atoms with van der Waals surface area (Å²) in [5.41, 5.74) is 8.56. The van der Waals surface area contributed by atoms with E-state index in [0.717, 1.165) is 24.2 Å². The van der Waals surface area contributed by atoms with E-state index in [1.807, 2.05) is 54.6 Å². The second kappa shape index (κ2) is 11.7. The van der Waals surface area contributed by atoms with E-state index in [1.165, 1.54) is 0 Å². The molecular formula is C27H37N3O5. The summed E-state index contributed by atoms with van der Waals surface area (Å²) in [5.74, 6) is 0.444. The van der Waals surface area contributed by atoms with E-state index in [4.69, 9.17) is 19.9 Å². The molecule has 35 heavy (non-hydrogen) atoms. The molecule has 0 spiro atoms. The maximum absolute atomic E-state index is 12.9. The maximum Gasteiger partial charge on any atom is 0.407 e. The molecule has 4 N–H and O–H groups in total. The van der Waals surface area contributed by atoms with Crippen LogP contribution >= 0.6 is 0 Å². The number of nitrogens with two attached hydrogens (primary N) is 1. The number of hydrogen-bond donors (Lipinski definition) is 3. The van der Waals surface area contributed by atoms with Crippen LogP contribution in [0.1, 0.15) is 25.8 Å². The molecule has 2 aromatic carbocycles. The SMILES string of the molecule is CC(C)CN(C[C@@H](O)[C@H](Cc1ccccc1)NC(=O)O[C@H]1CO[C@H]2OCC[C@H]21)c1ccc(N)cc1. The summed E-state index contributed by atoms with van der Waals surface area (Å²) in [5, 5.41) is 14.3. The number of amides is 1. The monoisotopic (exact) mass is 483 g/mol. The van der Waals surface area contributed by atoms with Crippen LogP contribution in [-0.2, 0) is 20.6 Å². The highest BCUT2D eigenvalue weighted by Crippen LogP contribution is 2.33. The number of fused-ring (bicyclic) bond motifs is 1. The Hall–Kier alpha value is -2.81. The molecule has 0 unspecified atom stereocenters. The topological polar surface area (TPSA) is 106 Å². The molecule has 0 saturated carbocycles. The first kappa shape index (κ1) is 25.3. The van der Waals surface area contributed by atoms with Crippen molar-refractivity contribution in [1.29, 1.82) is 0 Å². The van der Waals surface area contributed by atoms with Gasteiger partial charge in [0.25, 0.3) is 0 Å². The molecular weight excluding hydrogens is 446 g/mol. The van der Waals surface area contributed by atoms with Gasteiger partial charge in [0.1, 0.15) is 6.10 Å². The zero-order valence-corrected chi connectivity index (χ0v) is 20.5. The summed E-state index contributed by atoms with van der Waals surface area (Å²) in [6, 6.07) is 16.9. The smallest absolute Gasteiger partial charge is 0.407 e. The van der Waals surface area contributed by atoms with Crippen LogP contribution in [0.5, 0.6) is 0 Å². The summed E-state index contributed by atoms with van der Waals surface area (Å²) in [6.45, 7) is 6.32. The van der Waals surface area contributed by atoms with Crippen molar-refractivity contribution in [3.63, 3.8) is 0 Å². The minimum absolute atomic E-state index is 0.0605. The lowest BCUT2D eigenvalue weighted by Crippen LogP contribution is -2.51. The van der Waals surface area contributed by atoms with E-state index >= 15 is 0 Å². The number of benzene rings is 2. The first-order chi connectivity index (χ1) is 16.9. The van der Waals surface area contributed by atoms with Crippen LogP contribution in [0.2, 0.25) is 0 Å². The number of nitrogen functional groups attached to an aromatic ring is 1. The zero-order valence-electron chi connectivity index (χ0n) is 20.5. The third kappa shape index (κ3) is 6.87. The number of rotatable bonds is 10. The van der Waals surface area contributed by atoms with E-state index in [-0.39, 0.29) is 18.3 Å². The number of aliphatic hydroxyl groups is 1. The number of anilines is 2. The lowest BCUT2D eigenvalue weighted by atomic mass is 10.00. The predicted octanol–water partition coefficient (Wildman–Crippen LogP) is 3.19. The molecule has 1 amide bonds. The quantitative estimate of drug-likeness (QED) is 0.446. The Kier molecular flexibility index (Phi) is 8.49. The molecule has 8 nitrogen and oxygen atoms in total. The summed E-state index contributed by atoms with van der Waals surface area (Å²) < 4.78 is 16.8. The molecule has 2 aliphatic heterocycles. The molecule has 0 aliphatic carbocycles. The van der Waals surface area contributed by atoms with Gasteiger partial charge in [-0.15, -0.1) is 0 Å². The molecule has 2 saturated heterocycles. The van der Waals surface area contributed by atoms with E-state index in [1.54, 1.807) is 0 Å². The number of nitrogens with one attached hydrogen (secondary N) is 1. The molecule has 2 aromatic rings. The van der Waals surface area contributed by atoms with Crippen molar-refractivity contribution in [2.75, 3.05) is 36.9 Å². The Balaban J connectivity index is 1.46. The fourth-order valence-electron chi connectivity index (χ4n) is 4.79. The van der Waals surface area contributed by atoms with Crippen molar-refractivity contribution in [3.05, 3.63) is 60.2 Å². The van der Waals surface area contributed by atoms with Crippen LogP contribution in [0.25, 0.3) is 0 Å². The Bertz CT molecular complexity index is 940. The van der Waals surface area contributed by atoms with Crippen molar-refractivity contribution in [2.24, 2.45) is 11.8 Å². The van der Waals surface area contributed by atoms with Crippen molar-refractivity contribution < 1.29 is 24.1 Å². The van der Waals surface area contributed by atoms with E-state index in [9.17, 15) is 9.90 Å². The molecule has 0 bridgehead atoms. The second-order valence-corrected chi connectivity index (χ2v) is 9.87. The van der Waals surface area contributed by atoms with Gasteiger partial charge in [-0.3, -0.25) is 0 Å². The van der Waals surface area contributed by atoms with Crippen molar-refractivity contribution in [3.8, 4) is 0 Å². The van der Waals surface area contributed by atoms with Crippen LogP contribution in [0.3, 0.4) is 0 Å². The highest BCUT2D eigenvalue weighted by Gasteiger charge is 2.44. The second-order valence-electron chi connectivity index (χ2n) is 9.87. The number of alkyl carbamates (subject to hydrolysis) is 1. The first-order valence-corrected chi connectivity index (χ1v) is 12.4. The summed E-state index contributed by atoms with van der Waals surface area (Å²) >= 11 is 0. The molecule has 8 heteroatoms. The standard InChI is InChI=1S/C27H37N3O5/c1-18(2)15-30(21-10-8-20(28)9-11-21)16-24(31)23(14-19-6-4-3-5-7-19)29-27(32)35-25-17-34-26-22(25)12-13-33-26/h3-11,18,22-26,31H,12-17,28H2,1-2H3,(H,29,32)/t22-,23-,24+,25-,26+/m0/s1. The van der Waals surface area contributed by atoms with Gasteiger partial charge >= 0.3 is 6.09 Å². The third-order valence-electron chi connectivity index (χ3n) is 6.56. The van der Waals surface area contributed by atoms with Gasteiger partial charge in [-0.05, 0) is 48.6 Å². The van der Waals surface area contributed by atoms with Gasteiger partial charge in [0.05, 0.1) is 31.3 Å². The summed E-state index contributed by atoms with van der Waals surface area (Å²) in [4.78, 5) is 15.0. The van der Waals surface area contributed by atoms with Gasteiger partial charge < -0.3 is 35.3 Å². The highest BCUT2D eigenvalue weighted by molar-refractivity contribution is 5.68. The Morgan fingerprint density at radius 3 is 2.60 bits per heavy atom. The van der Waals surface area contributed by atoms with E-state index < -0.39 is 18.2 Å². The molecule has 2 fully saturated rings. The Labute approximate surface area is 207 Å². The highest BCUT2D eigenvalue weighted by atomic mass is 16.7. The van der Waals surface area contributed by atoms with Gasteiger partial charge in [0.2, 0.25) is 0 Å². The molecule has 0 aromatic heterocycles. The van der Waals surface area contributed by atoms with Crippen molar-refractivity contribution in [1.82, 2.24) is 5.32 Å². The fraction of sp³-hybridized carbons (Fsp3) is 0.519. The average Bonchev–Trinajstić information content (AvgIpc) is 3.44. The van der Waals surface area contributed by atoms with E-state index in [2.05, 4.69) is 24.1 Å². The summed E-state index contributed by atoms with van der Waals surface area (Å²) in [6.07, 6.45) is -0.725. The maximum atomic E-state index is 12.9. The molecule has 0 radical (unpaired) electrons. The van der Waals surface area contributed by atoms with Gasteiger partial charge in [0.15, 0.2) is 6.29 Å². The lowest BCUT2D eigenvalue weighted by Gasteiger charge is -2.33. The number of carbonyl (C=O) groups excluding carboxylic acids is 1. The molecule has 5 atom stereocenters. The number of carbonyl (C=O) groups is 1. The average molecular weight is 484 g/mol. The number of ether oxygens (including phenoxy) is 3. The van der Waals surface area contributed by atoms with Crippen LogP contribution in [0.4, 0.5) is 16.2 Å². The zero-order chi connectivity index (χ0) is 24.8. The molecule has 190 valence electrons. The van der Waals surface area contributed by atoms with Crippen LogP contribution in [-0.4, -0.2) is 62.0 Å². The van der Waals surface area contributed by atoms with Gasteiger partial charge in [-0.25, -0.2) is 4.79 Å². The minimum Gasteiger partial charge on any atom is -0.443 e. The first-order valence-electron chi connectivity index (χ1n) is 12.4. The minimum atomic E-state index is -0.832. The largest absolute Gasteiger partial charge is 0.443 e. The fourth-order valence-corrected chi connectivity index (χ4v) is 4.79. The summed E-state index contributed by atoms with van der Waals surface area (Å²) in [7, 11) is 0. The van der Waals surface area contributed by atoms with Crippen LogP contribution in [0, 0.1) is 11.8 Å². The molecule has 2 heterocycles. The Morgan fingerprint density at radius 1 is 1.14 bits per heavy atom. The predicted molar refractivity (Wildman–Crippen MR) is 135 cm³/mol. The molecule has 2 aliphatic rings. The number of hydrogen-bond acceptors (Lipinski definition) is 7. The van der Waals surface area contributed by atoms with Crippen LogP contribution < -0.4 is 16.0 Å². The van der Waals surface area contributed by atoms with Crippen molar-refractivity contribution in [2.45, 2.75) is 51.2 Å². The van der Waals surface area contributed by atoms with Crippen molar-refractivity contribution >= 4 is 17.5 Å². The number of aliphatic hydroxyl groups excluding tert-OH is 1. The van der Waals surface area contributed by atoms with Crippen LogP contribution in [0.15, 0.2) is 54.6 Å². The normalized spacial score (nSPS) is 23.0. The van der Waals surface area contributed by atoms with Gasteiger partial charge in [-0.1, -0.05) is 44.2 Å².